The second-order valence-corrected chi connectivity index (χ2v) is 8.04. The molecule has 1 aliphatic rings. The molecule has 0 unspecified atom stereocenters. The Bertz CT molecular complexity index is 761. The van der Waals surface area contributed by atoms with Crippen LogP contribution in [0.25, 0.3) is 11.4 Å². The maximum Gasteiger partial charge on any atom is 0.230 e. The zero-order chi connectivity index (χ0) is 18.7. The Kier molecular flexibility index (Phi) is 5.96. The predicted octanol–water partition coefficient (Wildman–Crippen LogP) is 3.65. The van der Waals surface area contributed by atoms with Gasteiger partial charge >= 0.3 is 0 Å². The molecular formula is C19H25FN4OS. The summed E-state index contributed by atoms with van der Waals surface area (Å²) in [6, 6.07) is 6.41. The van der Waals surface area contributed by atoms with Gasteiger partial charge in [0.25, 0.3) is 0 Å². The first-order valence-corrected chi connectivity index (χ1v) is 10.0. The summed E-state index contributed by atoms with van der Waals surface area (Å²) in [5.74, 6) is 1.88. The molecule has 7 heteroatoms. The first-order valence-electron chi connectivity index (χ1n) is 9.03. The van der Waals surface area contributed by atoms with Crippen LogP contribution < -0.4 is 5.32 Å². The maximum absolute atomic E-state index is 13.1. The summed E-state index contributed by atoms with van der Waals surface area (Å²) in [5.41, 5.74) is 0.794. The van der Waals surface area contributed by atoms with Crippen molar-refractivity contribution in [2.75, 3.05) is 5.75 Å². The second-order valence-electron chi connectivity index (χ2n) is 7.10. The van der Waals surface area contributed by atoms with E-state index in [1.54, 1.807) is 12.1 Å². The normalized spacial score (nSPS) is 23.0. The van der Waals surface area contributed by atoms with Crippen molar-refractivity contribution in [3.8, 4) is 11.4 Å². The molecule has 1 fully saturated rings. The average molecular weight is 377 g/mol. The fourth-order valence-electron chi connectivity index (χ4n) is 3.46. The van der Waals surface area contributed by atoms with Crippen LogP contribution in [0.5, 0.6) is 0 Å². The summed E-state index contributed by atoms with van der Waals surface area (Å²) in [4.78, 5) is 12.3. The number of nitrogens with zero attached hydrogens (tertiary/aromatic N) is 3. The molecule has 1 aromatic heterocycles. The van der Waals surface area contributed by atoms with Gasteiger partial charge in [0.1, 0.15) is 5.82 Å². The molecule has 0 radical (unpaired) electrons. The predicted molar refractivity (Wildman–Crippen MR) is 101 cm³/mol. The Balaban J connectivity index is 1.58. The van der Waals surface area contributed by atoms with Crippen LogP contribution in [-0.2, 0) is 11.8 Å². The van der Waals surface area contributed by atoms with Gasteiger partial charge in [-0.15, -0.1) is 10.2 Å². The van der Waals surface area contributed by atoms with Crippen molar-refractivity contribution in [1.82, 2.24) is 20.1 Å². The van der Waals surface area contributed by atoms with Crippen molar-refractivity contribution in [3.05, 3.63) is 30.1 Å². The van der Waals surface area contributed by atoms with E-state index >= 15 is 0 Å². The van der Waals surface area contributed by atoms with Crippen LogP contribution in [-0.4, -0.2) is 32.5 Å². The number of carbonyl (C=O) groups excluding carboxylic acids is 1. The number of carbonyl (C=O) groups is 1. The molecule has 1 saturated carbocycles. The number of hydrogen-bond donors (Lipinski definition) is 1. The largest absolute Gasteiger partial charge is 0.352 e. The van der Waals surface area contributed by atoms with E-state index in [0.717, 1.165) is 12.0 Å². The fourth-order valence-corrected chi connectivity index (χ4v) is 4.18. The lowest BCUT2D eigenvalue weighted by molar-refractivity contribution is -0.120. The average Bonchev–Trinajstić information content (AvgIpc) is 2.99. The lowest BCUT2D eigenvalue weighted by atomic mass is 9.78. The third-order valence-corrected chi connectivity index (χ3v) is 6.34. The van der Waals surface area contributed by atoms with Crippen LogP contribution in [0.15, 0.2) is 29.4 Å². The highest BCUT2D eigenvalue weighted by atomic mass is 32.2. The van der Waals surface area contributed by atoms with Crippen LogP contribution in [0, 0.1) is 17.7 Å². The molecule has 2 aromatic rings. The van der Waals surface area contributed by atoms with Gasteiger partial charge in [0.2, 0.25) is 5.91 Å². The first kappa shape index (κ1) is 18.9. The van der Waals surface area contributed by atoms with Gasteiger partial charge in [0, 0.05) is 18.7 Å². The van der Waals surface area contributed by atoms with Gasteiger partial charge in [0.15, 0.2) is 11.0 Å². The number of rotatable bonds is 5. The monoisotopic (exact) mass is 376 g/mol. The fraction of sp³-hybridized carbons (Fsp3) is 0.526. The van der Waals surface area contributed by atoms with Gasteiger partial charge in [-0.05, 0) is 42.5 Å². The SMILES string of the molecule is C[C@H]1[C@@H](NC(=O)CSc2nnc(-c3ccc(F)cc3)n2C)CCC[C@@H]1C. The first-order chi connectivity index (χ1) is 12.5. The lowest BCUT2D eigenvalue weighted by Gasteiger charge is -2.34. The Morgan fingerprint density at radius 3 is 2.73 bits per heavy atom. The van der Waals surface area contributed by atoms with Gasteiger partial charge < -0.3 is 9.88 Å². The van der Waals surface area contributed by atoms with Crippen molar-refractivity contribution in [2.45, 2.75) is 44.3 Å². The van der Waals surface area contributed by atoms with E-state index in [9.17, 15) is 9.18 Å². The lowest BCUT2D eigenvalue weighted by Crippen LogP contribution is -2.44. The molecule has 26 heavy (non-hydrogen) atoms. The van der Waals surface area contributed by atoms with Crippen molar-refractivity contribution in [1.29, 1.82) is 0 Å². The minimum Gasteiger partial charge on any atom is -0.352 e. The molecule has 1 amide bonds. The number of thioether (sulfide) groups is 1. The molecule has 0 spiro atoms. The summed E-state index contributed by atoms with van der Waals surface area (Å²) in [5, 5.41) is 12.2. The van der Waals surface area contributed by atoms with E-state index in [0.29, 0.717) is 28.6 Å². The van der Waals surface area contributed by atoms with Crippen LogP contribution in [0.1, 0.15) is 33.1 Å². The Labute approximate surface area is 157 Å². The molecule has 1 aliphatic carbocycles. The maximum atomic E-state index is 13.1. The quantitative estimate of drug-likeness (QED) is 0.809. The van der Waals surface area contributed by atoms with Crippen LogP contribution in [0.2, 0.25) is 0 Å². The smallest absolute Gasteiger partial charge is 0.230 e. The number of nitrogens with one attached hydrogen (secondary N) is 1. The summed E-state index contributed by atoms with van der Waals surface area (Å²) < 4.78 is 14.9. The molecule has 1 heterocycles. The van der Waals surface area contributed by atoms with Crippen LogP contribution >= 0.6 is 11.8 Å². The van der Waals surface area contributed by atoms with E-state index < -0.39 is 0 Å². The van der Waals surface area contributed by atoms with Crippen molar-refractivity contribution >= 4 is 17.7 Å². The molecule has 3 atom stereocenters. The zero-order valence-corrected chi connectivity index (χ0v) is 16.2. The summed E-state index contributed by atoms with van der Waals surface area (Å²) in [6.07, 6.45) is 3.47. The standard InChI is InChI=1S/C19H25FN4OS/c1-12-5-4-6-16(13(12)2)21-17(25)11-26-19-23-22-18(24(19)3)14-7-9-15(20)10-8-14/h7-10,12-13,16H,4-6,11H2,1-3H3,(H,21,25)/t12-,13+,16-/m0/s1. The minimum atomic E-state index is -0.284. The van der Waals surface area contributed by atoms with Gasteiger partial charge in [-0.25, -0.2) is 4.39 Å². The highest BCUT2D eigenvalue weighted by molar-refractivity contribution is 7.99. The minimum absolute atomic E-state index is 0.0345. The number of benzene rings is 1. The molecule has 1 aromatic carbocycles. The zero-order valence-electron chi connectivity index (χ0n) is 15.4. The third-order valence-electron chi connectivity index (χ3n) is 5.32. The highest BCUT2D eigenvalue weighted by Gasteiger charge is 2.28. The molecular weight excluding hydrogens is 351 g/mol. The van der Waals surface area contributed by atoms with Gasteiger partial charge in [0.05, 0.1) is 5.75 Å². The van der Waals surface area contributed by atoms with E-state index in [1.165, 1.54) is 36.7 Å². The van der Waals surface area contributed by atoms with Gasteiger partial charge in [-0.2, -0.15) is 0 Å². The Morgan fingerprint density at radius 2 is 2.00 bits per heavy atom. The number of aromatic nitrogens is 3. The highest BCUT2D eigenvalue weighted by Crippen LogP contribution is 2.29. The van der Waals surface area contributed by atoms with E-state index in [-0.39, 0.29) is 17.8 Å². The Morgan fingerprint density at radius 1 is 1.27 bits per heavy atom. The molecule has 0 saturated heterocycles. The molecule has 5 nitrogen and oxygen atoms in total. The second kappa shape index (κ2) is 8.20. The summed E-state index contributed by atoms with van der Waals surface area (Å²) in [7, 11) is 1.85. The number of amides is 1. The third kappa shape index (κ3) is 4.26. The molecule has 0 bridgehead atoms. The van der Waals surface area contributed by atoms with Crippen LogP contribution in [0.3, 0.4) is 0 Å². The van der Waals surface area contributed by atoms with Crippen molar-refractivity contribution in [2.24, 2.45) is 18.9 Å². The van der Waals surface area contributed by atoms with Gasteiger partial charge in [-0.1, -0.05) is 38.5 Å². The number of halogens is 1. The molecule has 3 rings (SSSR count). The summed E-state index contributed by atoms with van der Waals surface area (Å²) in [6.45, 7) is 4.48. The topological polar surface area (TPSA) is 59.8 Å². The van der Waals surface area contributed by atoms with E-state index in [1.807, 2.05) is 11.6 Å². The van der Waals surface area contributed by atoms with Crippen molar-refractivity contribution < 1.29 is 9.18 Å². The summed E-state index contributed by atoms with van der Waals surface area (Å²) >= 11 is 1.37. The molecule has 0 aliphatic heterocycles. The molecule has 140 valence electrons. The van der Waals surface area contributed by atoms with Crippen molar-refractivity contribution in [3.63, 3.8) is 0 Å². The van der Waals surface area contributed by atoms with E-state index in [4.69, 9.17) is 0 Å². The van der Waals surface area contributed by atoms with Crippen LogP contribution in [0.4, 0.5) is 4.39 Å². The number of hydrogen-bond acceptors (Lipinski definition) is 4. The van der Waals surface area contributed by atoms with E-state index in [2.05, 4.69) is 29.4 Å². The van der Waals surface area contributed by atoms with Gasteiger partial charge in [-0.3, -0.25) is 4.79 Å². The Hall–Kier alpha value is -1.89. The molecule has 1 N–H and O–H groups in total.